The lowest BCUT2D eigenvalue weighted by molar-refractivity contribution is 0.0831. The number of nitrogens with zero attached hydrogens (tertiary/aromatic N) is 2. The number of aromatic nitrogens is 2. The lowest BCUT2D eigenvalue weighted by atomic mass is 10.3. The molecular formula is C15H12N4O3. The van der Waals surface area contributed by atoms with Crippen LogP contribution in [0.5, 0.6) is 0 Å². The first-order valence-electron chi connectivity index (χ1n) is 6.48. The topological polar surface area (TPSA) is 89.2 Å². The first-order valence-corrected chi connectivity index (χ1v) is 6.48. The smallest absolute Gasteiger partial charge is 0.305 e. The fourth-order valence-corrected chi connectivity index (χ4v) is 1.82. The summed E-state index contributed by atoms with van der Waals surface area (Å²) in [6.45, 7) is 0. The number of hydrazine groups is 1. The summed E-state index contributed by atoms with van der Waals surface area (Å²) in [7, 11) is 0. The van der Waals surface area contributed by atoms with E-state index in [0.717, 1.165) is 5.69 Å². The molecule has 0 radical (unpaired) electrons. The van der Waals surface area contributed by atoms with E-state index in [0.29, 0.717) is 5.56 Å². The number of amides is 2. The van der Waals surface area contributed by atoms with E-state index in [9.17, 15) is 9.59 Å². The molecule has 110 valence electrons. The summed E-state index contributed by atoms with van der Waals surface area (Å²) in [5, 5.41) is 4.11. The van der Waals surface area contributed by atoms with Crippen LogP contribution in [0.1, 0.15) is 20.9 Å². The minimum absolute atomic E-state index is 0.111. The largest absolute Gasteiger partial charge is 0.459 e. The molecule has 2 aromatic heterocycles. The fourth-order valence-electron chi connectivity index (χ4n) is 1.82. The Bertz CT molecular complexity index is 778. The van der Waals surface area contributed by atoms with Crippen LogP contribution in [0.2, 0.25) is 0 Å². The minimum atomic E-state index is -0.534. The van der Waals surface area contributed by atoms with Crippen LogP contribution in [0.4, 0.5) is 0 Å². The van der Waals surface area contributed by atoms with Crippen LogP contribution in [0.15, 0.2) is 65.5 Å². The lowest BCUT2D eigenvalue weighted by Crippen LogP contribution is -2.41. The van der Waals surface area contributed by atoms with Gasteiger partial charge in [-0.2, -0.15) is 5.10 Å². The van der Waals surface area contributed by atoms with Crippen LogP contribution in [-0.4, -0.2) is 21.6 Å². The first kappa shape index (κ1) is 13.6. The minimum Gasteiger partial charge on any atom is -0.459 e. The molecule has 0 bridgehead atoms. The van der Waals surface area contributed by atoms with Gasteiger partial charge in [0.2, 0.25) is 0 Å². The van der Waals surface area contributed by atoms with Gasteiger partial charge in [0.05, 0.1) is 23.7 Å². The molecule has 0 spiro atoms. The molecule has 0 aliphatic rings. The van der Waals surface area contributed by atoms with Crippen LogP contribution < -0.4 is 10.9 Å². The van der Waals surface area contributed by atoms with Crippen LogP contribution in [-0.2, 0) is 0 Å². The zero-order valence-electron chi connectivity index (χ0n) is 11.4. The second-order valence-electron chi connectivity index (χ2n) is 4.39. The summed E-state index contributed by atoms with van der Waals surface area (Å²) in [4.78, 5) is 23.6. The van der Waals surface area contributed by atoms with Gasteiger partial charge in [-0.15, -0.1) is 0 Å². The second kappa shape index (κ2) is 5.96. The Kier molecular flexibility index (Phi) is 3.69. The van der Waals surface area contributed by atoms with E-state index in [-0.39, 0.29) is 5.76 Å². The van der Waals surface area contributed by atoms with Crippen molar-refractivity contribution in [3.63, 3.8) is 0 Å². The predicted octanol–water partition coefficient (Wildman–Crippen LogP) is 1.54. The Morgan fingerprint density at radius 1 is 1.00 bits per heavy atom. The number of rotatable bonds is 3. The molecule has 0 aliphatic heterocycles. The molecule has 7 nitrogen and oxygen atoms in total. The van der Waals surface area contributed by atoms with Crippen molar-refractivity contribution in [3.8, 4) is 5.69 Å². The van der Waals surface area contributed by atoms with E-state index in [4.69, 9.17) is 4.42 Å². The van der Waals surface area contributed by atoms with Crippen molar-refractivity contribution in [1.82, 2.24) is 20.6 Å². The zero-order chi connectivity index (χ0) is 15.4. The normalized spacial score (nSPS) is 10.2. The Labute approximate surface area is 125 Å². The Morgan fingerprint density at radius 2 is 1.77 bits per heavy atom. The highest BCUT2D eigenvalue weighted by Crippen LogP contribution is 2.07. The fraction of sp³-hybridized carbons (Fsp3) is 0. The molecule has 0 saturated heterocycles. The maximum atomic E-state index is 12.0. The molecule has 0 unspecified atom stereocenters. The number of para-hydroxylation sites is 1. The van der Waals surface area contributed by atoms with Crippen molar-refractivity contribution < 1.29 is 14.0 Å². The summed E-state index contributed by atoms with van der Waals surface area (Å²) in [5.41, 5.74) is 5.72. The number of nitrogens with one attached hydrogen (secondary N) is 2. The zero-order valence-corrected chi connectivity index (χ0v) is 11.4. The van der Waals surface area contributed by atoms with Crippen LogP contribution in [0, 0.1) is 0 Å². The van der Waals surface area contributed by atoms with E-state index in [1.54, 1.807) is 16.9 Å². The molecule has 7 heteroatoms. The van der Waals surface area contributed by atoms with Gasteiger partial charge < -0.3 is 4.42 Å². The summed E-state index contributed by atoms with van der Waals surface area (Å²) in [6, 6.07) is 12.5. The average Bonchev–Trinajstić information content (AvgIpc) is 3.24. The SMILES string of the molecule is O=C(NNC(=O)c1ccco1)c1cnn(-c2ccccc2)c1. The Morgan fingerprint density at radius 3 is 2.50 bits per heavy atom. The summed E-state index contributed by atoms with van der Waals surface area (Å²) in [6.07, 6.45) is 4.37. The summed E-state index contributed by atoms with van der Waals surface area (Å²) >= 11 is 0. The van der Waals surface area contributed by atoms with E-state index >= 15 is 0 Å². The first-order chi connectivity index (χ1) is 10.7. The molecule has 22 heavy (non-hydrogen) atoms. The number of benzene rings is 1. The van der Waals surface area contributed by atoms with Gasteiger partial charge in [-0.3, -0.25) is 20.4 Å². The second-order valence-corrected chi connectivity index (χ2v) is 4.39. The highest BCUT2D eigenvalue weighted by Gasteiger charge is 2.12. The van der Waals surface area contributed by atoms with Gasteiger partial charge in [-0.05, 0) is 24.3 Å². The molecule has 2 N–H and O–H groups in total. The van der Waals surface area contributed by atoms with E-state index in [2.05, 4.69) is 16.0 Å². The lowest BCUT2D eigenvalue weighted by Gasteiger charge is -2.04. The van der Waals surface area contributed by atoms with Crippen molar-refractivity contribution >= 4 is 11.8 Å². The van der Waals surface area contributed by atoms with Crippen molar-refractivity contribution in [2.45, 2.75) is 0 Å². The molecular weight excluding hydrogens is 284 g/mol. The van der Waals surface area contributed by atoms with Crippen molar-refractivity contribution in [2.75, 3.05) is 0 Å². The molecule has 0 fully saturated rings. The summed E-state index contributed by atoms with van der Waals surface area (Å²) < 4.78 is 6.49. The molecule has 1 aromatic carbocycles. The number of furan rings is 1. The van der Waals surface area contributed by atoms with E-state index in [1.165, 1.54) is 18.5 Å². The molecule has 0 aliphatic carbocycles. The van der Waals surface area contributed by atoms with Gasteiger partial charge in [-0.25, -0.2) is 4.68 Å². The molecule has 0 atom stereocenters. The molecule has 2 heterocycles. The van der Waals surface area contributed by atoms with E-state index in [1.807, 2.05) is 30.3 Å². The van der Waals surface area contributed by atoms with Crippen molar-refractivity contribution in [1.29, 1.82) is 0 Å². The Balaban J connectivity index is 1.64. The van der Waals surface area contributed by atoms with E-state index < -0.39 is 11.8 Å². The molecule has 3 rings (SSSR count). The standard InChI is InChI=1S/C15H12N4O3/c20-14(17-18-15(21)13-7-4-8-22-13)11-9-16-19(10-11)12-5-2-1-3-6-12/h1-10H,(H,17,20)(H,18,21). The third-order valence-corrected chi connectivity index (χ3v) is 2.90. The highest BCUT2D eigenvalue weighted by atomic mass is 16.3. The third kappa shape index (κ3) is 2.88. The van der Waals surface area contributed by atoms with Gasteiger partial charge in [-0.1, -0.05) is 18.2 Å². The average molecular weight is 296 g/mol. The van der Waals surface area contributed by atoms with Crippen LogP contribution in [0.3, 0.4) is 0 Å². The quantitative estimate of drug-likeness (QED) is 0.717. The maximum absolute atomic E-state index is 12.0. The number of carbonyl (C=O) groups is 2. The van der Waals surface area contributed by atoms with Gasteiger partial charge in [0.25, 0.3) is 5.91 Å². The highest BCUT2D eigenvalue weighted by molar-refractivity contribution is 5.97. The maximum Gasteiger partial charge on any atom is 0.305 e. The number of hydrogen-bond donors (Lipinski definition) is 2. The molecule has 2 amide bonds. The Hall–Kier alpha value is -3.35. The molecule has 0 saturated carbocycles. The van der Waals surface area contributed by atoms with Gasteiger partial charge in [0.1, 0.15) is 0 Å². The molecule has 3 aromatic rings. The van der Waals surface area contributed by atoms with Crippen LogP contribution in [0.25, 0.3) is 5.69 Å². The number of carbonyl (C=O) groups excluding carboxylic acids is 2. The van der Waals surface area contributed by atoms with Gasteiger partial charge >= 0.3 is 5.91 Å². The van der Waals surface area contributed by atoms with Crippen molar-refractivity contribution in [3.05, 3.63) is 72.4 Å². The van der Waals surface area contributed by atoms with Crippen molar-refractivity contribution in [2.24, 2.45) is 0 Å². The summed E-state index contributed by atoms with van der Waals surface area (Å²) in [5.74, 6) is -0.892. The predicted molar refractivity (Wildman–Crippen MR) is 77.2 cm³/mol. The van der Waals surface area contributed by atoms with Gasteiger partial charge in [0.15, 0.2) is 5.76 Å². The van der Waals surface area contributed by atoms with Gasteiger partial charge in [0, 0.05) is 6.20 Å². The third-order valence-electron chi connectivity index (χ3n) is 2.90. The monoisotopic (exact) mass is 296 g/mol. The van der Waals surface area contributed by atoms with Crippen LogP contribution >= 0.6 is 0 Å². The number of hydrogen-bond acceptors (Lipinski definition) is 4.